The van der Waals surface area contributed by atoms with Crippen molar-refractivity contribution in [2.24, 2.45) is 0 Å². The van der Waals surface area contributed by atoms with Crippen LogP contribution in [0.5, 0.6) is 0 Å². The fourth-order valence-corrected chi connectivity index (χ4v) is 1.72. The molecule has 0 saturated carbocycles. The van der Waals surface area contributed by atoms with E-state index in [-0.39, 0.29) is 0 Å². The maximum Gasteiger partial charge on any atom is 0.101 e. The van der Waals surface area contributed by atoms with Gasteiger partial charge < -0.3 is 4.90 Å². The number of halogens is 1. The van der Waals surface area contributed by atoms with Crippen molar-refractivity contribution in [3.8, 4) is 0 Å². The molecule has 1 fully saturated rings. The Morgan fingerprint density at radius 1 is 1.33 bits per heavy atom. The van der Waals surface area contributed by atoms with Crippen molar-refractivity contribution < 1.29 is 4.39 Å². The van der Waals surface area contributed by atoms with Crippen LogP contribution < -0.4 is 0 Å². The second-order valence-corrected chi connectivity index (χ2v) is 3.72. The molecule has 72 valence electrons. The lowest BCUT2D eigenvalue weighted by Crippen LogP contribution is -2.25. The molecule has 0 bridgehead atoms. The molecule has 1 unspecified atom stereocenters. The molecule has 0 amide bonds. The highest BCUT2D eigenvalue weighted by Crippen LogP contribution is 2.13. The normalized spacial score (nSPS) is 27.0. The fraction of sp³-hybridized carbons (Fsp3) is 1.00. The van der Waals surface area contributed by atoms with Gasteiger partial charge in [-0.3, -0.25) is 0 Å². The molecule has 1 aliphatic rings. The van der Waals surface area contributed by atoms with Crippen molar-refractivity contribution in [1.29, 1.82) is 0 Å². The van der Waals surface area contributed by atoms with Crippen LogP contribution in [0.2, 0.25) is 0 Å². The molecular formula is C10H20FN. The lowest BCUT2D eigenvalue weighted by Gasteiger charge is -2.18. The summed E-state index contributed by atoms with van der Waals surface area (Å²) < 4.78 is 12.9. The average molecular weight is 173 g/mol. The van der Waals surface area contributed by atoms with Crippen LogP contribution >= 0.6 is 0 Å². The highest BCUT2D eigenvalue weighted by Gasteiger charge is 2.14. The van der Waals surface area contributed by atoms with E-state index in [1.54, 1.807) is 0 Å². The molecule has 0 aromatic carbocycles. The molecule has 0 N–H and O–H groups in total. The molecule has 2 heteroatoms. The third-order valence-electron chi connectivity index (χ3n) is 2.58. The van der Waals surface area contributed by atoms with Gasteiger partial charge in [-0.2, -0.15) is 0 Å². The predicted octanol–water partition coefficient (Wildman–Crippen LogP) is 2.61. The van der Waals surface area contributed by atoms with Crippen LogP contribution in [0.3, 0.4) is 0 Å². The van der Waals surface area contributed by atoms with Gasteiger partial charge in [0.15, 0.2) is 0 Å². The topological polar surface area (TPSA) is 3.24 Å². The van der Waals surface area contributed by atoms with E-state index in [1.807, 2.05) is 0 Å². The Labute approximate surface area is 74.9 Å². The molecule has 0 spiro atoms. The fourth-order valence-electron chi connectivity index (χ4n) is 1.72. The molecule has 0 aliphatic carbocycles. The van der Waals surface area contributed by atoms with Crippen LogP contribution in [0, 0.1) is 0 Å². The van der Waals surface area contributed by atoms with Crippen molar-refractivity contribution >= 4 is 0 Å². The quantitative estimate of drug-likeness (QED) is 0.634. The Morgan fingerprint density at radius 3 is 2.92 bits per heavy atom. The summed E-state index contributed by atoms with van der Waals surface area (Å²) in [5.41, 5.74) is 0. The van der Waals surface area contributed by atoms with Crippen LogP contribution in [0.1, 0.15) is 39.0 Å². The van der Waals surface area contributed by atoms with Crippen LogP contribution in [0.15, 0.2) is 0 Å². The Bertz CT molecular complexity index is 114. The standard InChI is InChI=1S/C10H20FN/c1-2-3-7-12-8-4-5-10(11)6-9-12/h10H,2-9H2,1H3. The van der Waals surface area contributed by atoms with Crippen LogP contribution in [0.25, 0.3) is 0 Å². The summed E-state index contributed by atoms with van der Waals surface area (Å²) in [6.45, 7) is 5.46. The number of nitrogens with zero attached hydrogens (tertiary/aromatic N) is 1. The van der Waals surface area contributed by atoms with E-state index in [4.69, 9.17) is 0 Å². The lowest BCUT2D eigenvalue weighted by atomic mass is 10.2. The van der Waals surface area contributed by atoms with E-state index < -0.39 is 6.17 Å². The second kappa shape index (κ2) is 5.52. The minimum absolute atomic E-state index is 0.531. The number of likely N-dealkylation sites (tertiary alicyclic amines) is 1. The van der Waals surface area contributed by atoms with E-state index in [1.165, 1.54) is 19.4 Å². The zero-order valence-corrected chi connectivity index (χ0v) is 8.06. The monoisotopic (exact) mass is 173 g/mol. The molecule has 1 aliphatic heterocycles. The van der Waals surface area contributed by atoms with E-state index in [0.717, 1.165) is 32.4 Å². The summed E-state index contributed by atoms with van der Waals surface area (Å²) in [4.78, 5) is 2.41. The first-order valence-corrected chi connectivity index (χ1v) is 5.19. The largest absolute Gasteiger partial charge is 0.303 e. The van der Waals surface area contributed by atoms with Crippen molar-refractivity contribution in [2.75, 3.05) is 19.6 Å². The van der Waals surface area contributed by atoms with E-state index in [2.05, 4.69) is 11.8 Å². The third kappa shape index (κ3) is 3.53. The van der Waals surface area contributed by atoms with Gasteiger partial charge in [-0.05, 0) is 38.8 Å². The summed E-state index contributed by atoms with van der Waals surface area (Å²) in [5, 5.41) is 0. The van der Waals surface area contributed by atoms with Crippen molar-refractivity contribution in [3.05, 3.63) is 0 Å². The Hall–Kier alpha value is -0.110. The summed E-state index contributed by atoms with van der Waals surface area (Å²) in [5.74, 6) is 0. The lowest BCUT2D eigenvalue weighted by molar-refractivity contribution is 0.260. The minimum Gasteiger partial charge on any atom is -0.303 e. The summed E-state index contributed by atoms with van der Waals surface area (Å²) in [6.07, 6.45) is 4.56. The predicted molar refractivity (Wildman–Crippen MR) is 50.1 cm³/mol. The first kappa shape index (κ1) is 9.97. The Kier molecular flexibility index (Phi) is 4.59. The third-order valence-corrected chi connectivity index (χ3v) is 2.58. The number of hydrogen-bond donors (Lipinski definition) is 0. The maximum atomic E-state index is 12.9. The summed E-state index contributed by atoms with van der Waals surface area (Å²) in [7, 11) is 0. The smallest absolute Gasteiger partial charge is 0.101 e. The van der Waals surface area contributed by atoms with Gasteiger partial charge >= 0.3 is 0 Å². The van der Waals surface area contributed by atoms with E-state index >= 15 is 0 Å². The Balaban J connectivity index is 2.17. The molecule has 0 radical (unpaired) electrons. The van der Waals surface area contributed by atoms with Crippen LogP contribution in [-0.2, 0) is 0 Å². The SMILES string of the molecule is CCCCN1CCCC(F)CC1. The van der Waals surface area contributed by atoms with Crippen LogP contribution in [0.4, 0.5) is 4.39 Å². The van der Waals surface area contributed by atoms with Gasteiger partial charge in [0.05, 0.1) is 0 Å². The van der Waals surface area contributed by atoms with Crippen molar-refractivity contribution in [3.63, 3.8) is 0 Å². The highest BCUT2D eigenvalue weighted by molar-refractivity contribution is 4.68. The van der Waals surface area contributed by atoms with Gasteiger partial charge in [0.2, 0.25) is 0 Å². The first-order valence-electron chi connectivity index (χ1n) is 5.19. The molecule has 1 saturated heterocycles. The number of alkyl halides is 1. The molecule has 12 heavy (non-hydrogen) atoms. The van der Waals surface area contributed by atoms with E-state index in [9.17, 15) is 4.39 Å². The maximum absolute atomic E-state index is 12.9. The molecule has 1 rings (SSSR count). The molecule has 0 aromatic heterocycles. The van der Waals surface area contributed by atoms with Crippen molar-refractivity contribution in [2.45, 2.75) is 45.2 Å². The van der Waals surface area contributed by atoms with Crippen LogP contribution in [-0.4, -0.2) is 30.7 Å². The van der Waals surface area contributed by atoms with Crippen molar-refractivity contribution in [1.82, 2.24) is 4.90 Å². The second-order valence-electron chi connectivity index (χ2n) is 3.72. The Morgan fingerprint density at radius 2 is 2.17 bits per heavy atom. The minimum atomic E-state index is -0.531. The zero-order chi connectivity index (χ0) is 8.81. The van der Waals surface area contributed by atoms with Gasteiger partial charge in [-0.15, -0.1) is 0 Å². The summed E-state index contributed by atoms with van der Waals surface area (Å²) in [6, 6.07) is 0. The molecule has 1 atom stereocenters. The average Bonchev–Trinajstić information content (AvgIpc) is 2.27. The van der Waals surface area contributed by atoms with Gasteiger partial charge in [0, 0.05) is 6.54 Å². The molecule has 0 aromatic rings. The van der Waals surface area contributed by atoms with E-state index in [0.29, 0.717) is 0 Å². The molecular weight excluding hydrogens is 153 g/mol. The number of hydrogen-bond acceptors (Lipinski definition) is 1. The highest BCUT2D eigenvalue weighted by atomic mass is 19.1. The molecule has 1 heterocycles. The zero-order valence-electron chi connectivity index (χ0n) is 8.06. The van der Waals surface area contributed by atoms with Gasteiger partial charge in [-0.1, -0.05) is 13.3 Å². The number of unbranched alkanes of at least 4 members (excludes halogenated alkanes) is 1. The van der Waals surface area contributed by atoms with Gasteiger partial charge in [0.25, 0.3) is 0 Å². The number of rotatable bonds is 3. The van der Waals surface area contributed by atoms with Gasteiger partial charge in [0.1, 0.15) is 6.17 Å². The first-order chi connectivity index (χ1) is 5.83. The van der Waals surface area contributed by atoms with Gasteiger partial charge in [-0.25, -0.2) is 4.39 Å². The summed E-state index contributed by atoms with van der Waals surface area (Å²) >= 11 is 0. The molecule has 1 nitrogen and oxygen atoms in total.